The lowest BCUT2D eigenvalue weighted by molar-refractivity contribution is 0.0736. The van der Waals surface area contributed by atoms with E-state index in [9.17, 15) is 9.18 Å². The number of methoxy groups -OCH3 is 1. The van der Waals surface area contributed by atoms with Crippen LogP contribution in [0.2, 0.25) is 0 Å². The van der Waals surface area contributed by atoms with Crippen LogP contribution in [0, 0.1) is 5.82 Å². The maximum absolute atomic E-state index is 13.7. The SMILES string of the molecule is COc1cc(-c2onc(N(C)C)c2C(=O)N2CCNCC2)ccc1F. The third kappa shape index (κ3) is 3.30. The van der Waals surface area contributed by atoms with Crippen molar-refractivity contribution in [2.24, 2.45) is 0 Å². The Morgan fingerprint density at radius 3 is 2.72 bits per heavy atom. The maximum atomic E-state index is 13.7. The molecule has 0 aliphatic carbocycles. The van der Waals surface area contributed by atoms with Crippen LogP contribution in [0.5, 0.6) is 5.75 Å². The number of ether oxygens (including phenoxy) is 1. The Kier molecular flexibility index (Phi) is 4.89. The molecule has 25 heavy (non-hydrogen) atoms. The van der Waals surface area contributed by atoms with Gasteiger partial charge in [-0.3, -0.25) is 4.79 Å². The van der Waals surface area contributed by atoms with Crippen LogP contribution in [0.25, 0.3) is 11.3 Å². The predicted molar refractivity (Wildman–Crippen MR) is 91.5 cm³/mol. The van der Waals surface area contributed by atoms with Crippen LogP contribution in [-0.2, 0) is 0 Å². The van der Waals surface area contributed by atoms with Gasteiger partial charge in [0.1, 0.15) is 5.56 Å². The Bertz CT molecular complexity index is 769. The number of nitrogens with one attached hydrogen (secondary N) is 1. The monoisotopic (exact) mass is 348 g/mol. The number of nitrogens with zero attached hydrogens (tertiary/aromatic N) is 3. The van der Waals surface area contributed by atoms with E-state index in [1.165, 1.54) is 19.2 Å². The molecule has 1 aliphatic rings. The molecular weight excluding hydrogens is 327 g/mol. The molecule has 1 fully saturated rings. The minimum Gasteiger partial charge on any atom is -0.494 e. The van der Waals surface area contributed by atoms with Gasteiger partial charge in [0.15, 0.2) is 23.1 Å². The number of amides is 1. The molecule has 0 bridgehead atoms. The zero-order valence-electron chi connectivity index (χ0n) is 14.5. The summed E-state index contributed by atoms with van der Waals surface area (Å²) >= 11 is 0. The smallest absolute Gasteiger partial charge is 0.261 e. The Balaban J connectivity index is 2.07. The molecule has 0 radical (unpaired) electrons. The highest BCUT2D eigenvalue weighted by Crippen LogP contribution is 2.34. The van der Waals surface area contributed by atoms with Gasteiger partial charge < -0.3 is 24.4 Å². The Morgan fingerprint density at radius 2 is 2.08 bits per heavy atom. The average Bonchev–Trinajstić information content (AvgIpc) is 3.07. The third-order valence-corrected chi connectivity index (χ3v) is 4.13. The standard InChI is InChI=1S/C17H21FN4O3/c1-21(2)16-14(17(23)22-8-6-19-7-9-22)15(25-20-16)11-4-5-12(18)13(10-11)24-3/h4-5,10,19H,6-9H2,1-3H3. The molecule has 0 saturated carbocycles. The molecule has 0 spiro atoms. The number of benzene rings is 1. The Morgan fingerprint density at radius 1 is 1.36 bits per heavy atom. The number of piperazine rings is 1. The fourth-order valence-corrected chi connectivity index (χ4v) is 2.80. The lowest BCUT2D eigenvalue weighted by Crippen LogP contribution is -2.46. The van der Waals surface area contributed by atoms with Crippen LogP contribution in [0.1, 0.15) is 10.4 Å². The molecule has 3 rings (SSSR count). The molecule has 1 aromatic heterocycles. The van der Waals surface area contributed by atoms with E-state index in [0.717, 1.165) is 13.1 Å². The van der Waals surface area contributed by atoms with E-state index >= 15 is 0 Å². The first kappa shape index (κ1) is 17.2. The number of carbonyl (C=O) groups excluding carboxylic acids is 1. The van der Waals surface area contributed by atoms with E-state index in [1.807, 2.05) is 0 Å². The van der Waals surface area contributed by atoms with E-state index < -0.39 is 5.82 Å². The minimum atomic E-state index is -0.478. The van der Waals surface area contributed by atoms with Gasteiger partial charge in [-0.25, -0.2) is 4.39 Å². The van der Waals surface area contributed by atoms with Crippen molar-refractivity contribution in [3.05, 3.63) is 29.6 Å². The number of halogens is 1. The highest BCUT2D eigenvalue weighted by Gasteiger charge is 2.30. The second kappa shape index (κ2) is 7.10. The second-order valence-corrected chi connectivity index (χ2v) is 6.00. The molecular formula is C17H21FN4O3. The fourth-order valence-electron chi connectivity index (χ4n) is 2.80. The summed E-state index contributed by atoms with van der Waals surface area (Å²) in [6.45, 7) is 2.72. The first-order valence-corrected chi connectivity index (χ1v) is 8.04. The van der Waals surface area contributed by atoms with Crippen molar-refractivity contribution in [3.8, 4) is 17.1 Å². The average molecular weight is 348 g/mol. The zero-order valence-corrected chi connectivity index (χ0v) is 14.5. The largest absolute Gasteiger partial charge is 0.494 e. The zero-order chi connectivity index (χ0) is 18.0. The Labute approximate surface area is 145 Å². The van der Waals surface area contributed by atoms with E-state index in [2.05, 4.69) is 10.5 Å². The normalized spacial score (nSPS) is 14.5. The highest BCUT2D eigenvalue weighted by atomic mass is 19.1. The summed E-state index contributed by atoms with van der Waals surface area (Å²) in [6.07, 6.45) is 0. The lowest BCUT2D eigenvalue weighted by Gasteiger charge is -2.27. The summed E-state index contributed by atoms with van der Waals surface area (Å²) in [6, 6.07) is 4.33. The van der Waals surface area contributed by atoms with Gasteiger partial charge in [0.2, 0.25) is 0 Å². The number of aromatic nitrogens is 1. The van der Waals surface area contributed by atoms with Crippen LogP contribution >= 0.6 is 0 Å². The molecule has 1 aliphatic heterocycles. The van der Waals surface area contributed by atoms with E-state index in [1.54, 1.807) is 30.0 Å². The number of hydrogen-bond donors (Lipinski definition) is 1. The molecule has 0 unspecified atom stereocenters. The summed E-state index contributed by atoms with van der Waals surface area (Å²) in [5.74, 6) is 0.214. The van der Waals surface area contributed by atoms with Gasteiger partial charge in [-0.2, -0.15) is 0 Å². The third-order valence-electron chi connectivity index (χ3n) is 4.13. The molecule has 134 valence electrons. The Hall–Kier alpha value is -2.61. The summed E-state index contributed by atoms with van der Waals surface area (Å²) in [5.41, 5.74) is 0.915. The maximum Gasteiger partial charge on any atom is 0.261 e. The number of anilines is 1. The van der Waals surface area contributed by atoms with E-state index in [0.29, 0.717) is 35.8 Å². The van der Waals surface area contributed by atoms with Crippen molar-refractivity contribution < 1.29 is 18.4 Å². The van der Waals surface area contributed by atoms with Gasteiger partial charge in [-0.15, -0.1) is 0 Å². The van der Waals surface area contributed by atoms with Gasteiger partial charge in [0, 0.05) is 45.8 Å². The first-order chi connectivity index (χ1) is 12.0. The van der Waals surface area contributed by atoms with Gasteiger partial charge in [0.05, 0.1) is 7.11 Å². The molecule has 1 saturated heterocycles. The van der Waals surface area contributed by atoms with Crippen molar-refractivity contribution in [2.75, 3.05) is 52.3 Å². The van der Waals surface area contributed by atoms with Crippen molar-refractivity contribution in [1.82, 2.24) is 15.4 Å². The molecule has 1 N–H and O–H groups in total. The van der Waals surface area contributed by atoms with Crippen molar-refractivity contribution >= 4 is 11.7 Å². The van der Waals surface area contributed by atoms with Gasteiger partial charge in [-0.1, -0.05) is 5.16 Å². The summed E-state index contributed by atoms with van der Waals surface area (Å²) < 4.78 is 24.2. The van der Waals surface area contributed by atoms with E-state index in [-0.39, 0.29) is 11.7 Å². The molecule has 2 heterocycles. The summed E-state index contributed by atoms with van der Waals surface area (Å²) in [7, 11) is 4.98. The van der Waals surface area contributed by atoms with Crippen molar-refractivity contribution in [3.63, 3.8) is 0 Å². The quantitative estimate of drug-likeness (QED) is 0.905. The fraction of sp³-hybridized carbons (Fsp3) is 0.412. The first-order valence-electron chi connectivity index (χ1n) is 8.04. The van der Waals surface area contributed by atoms with Crippen LogP contribution < -0.4 is 15.0 Å². The van der Waals surface area contributed by atoms with E-state index in [4.69, 9.17) is 9.26 Å². The van der Waals surface area contributed by atoms with Crippen molar-refractivity contribution in [1.29, 1.82) is 0 Å². The minimum absolute atomic E-state index is 0.0841. The second-order valence-electron chi connectivity index (χ2n) is 6.00. The topological polar surface area (TPSA) is 70.8 Å². The molecule has 8 heteroatoms. The molecule has 1 amide bonds. The highest BCUT2D eigenvalue weighted by molar-refractivity contribution is 6.04. The molecule has 1 aromatic carbocycles. The summed E-state index contributed by atoms with van der Waals surface area (Å²) in [4.78, 5) is 16.6. The molecule has 7 nitrogen and oxygen atoms in total. The molecule has 0 atom stereocenters. The van der Waals surface area contributed by atoms with Crippen LogP contribution in [0.4, 0.5) is 10.2 Å². The lowest BCUT2D eigenvalue weighted by atomic mass is 10.1. The van der Waals surface area contributed by atoms with Gasteiger partial charge >= 0.3 is 0 Å². The summed E-state index contributed by atoms with van der Waals surface area (Å²) in [5, 5.41) is 7.26. The van der Waals surface area contributed by atoms with Crippen molar-refractivity contribution in [2.45, 2.75) is 0 Å². The van der Waals surface area contributed by atoms with Crippen LogP contribution in [0.15, 0.2) is 22.7 Å². The van der Waals surface area contributed by atoms with Gasteiger partial charge in [0.25, 0.3) is 5.91 Å². The number of carbonyl (C=O) groups is 1. The van der Waals surface area contributed by atoms with Crippen LogP contribution in [0.3, 0.4) is 0 Å². The number of hydrogen-bond acceptors (Lipinski definition) is 6. The van der Waals surface area contributed by atoms with Crippen LogP contribution in [-0.4, -0.2) is 63.3 Å². The molecule has 2 aromatic rings. The predicted octanol–water partition coefficient (Wildman–Crippen LogP) is 1.60. The van der Waals surface area contributed by atoms with Gasteiger partial charge in [-0.05, 0) is 18.2 Å². The number of rotatable bonds is 4.